The van der Waals surface area contributed by atoms with Crippen LogP contribution in [0, 0.1) is 10.2 Å². The van der Waals surface area contributed by atoms with Gasteiger partial charge in [-0.3, -0.25) is 23.7 Å². The van der Waals surface area contributed by atoms with E-state index in [0.29, 0.717) is 5.39 Å². The maximum absolute atomic E-state index is 14.2. The Kier molecular flexibility index (Phi) is 9.43. The molecule has 14 heteroatoms. The minimum atomic E-state index is -4.35. The Morgan fingerprint density at radius 1 is 1.24 bits per heavy atom. The molecule has 1 aliphatic heterocycles. The van der Waals surface area contributed by atoms with Crippen LogP contribution in [0.2, 0.25) is 0 Å². The number of aliphatic hydroxyl groups excluding tert-OH is 1. The van der Waals surface area contributed by atoms with Gasteiger partial charge in [0.1, 0.15) is 29.6 Å². The number of hydrogen-bond acceptors (Lipinski definition) is 10. The van der Waals surface area contributed by atoms with Crippen LogP contribution in [0.1, 0.15) is 40.8 Å². The number of aromatic nitrogens is 2. The largest absolute Gasteiger partial charge is 0.464 e. The maximum Gasteiger partial charge on any atom is 0.459 e. The van der Waals surface area contributed by atoms with Crippen LogP contribution in [0.15, 0.2) is 59.5 Å². The molecule has 0 aliphatic carbocycles. The second-order valence-electron chi connectivity index (χ2n) is 11.6. The third-order valence-electron chi connectivity index (χ3n) is 6.59. The molecule has 0 saturated carbocycles. The molecule has 1 fully saturated rings. The summed E-state index contributed by atoms with van der Waals surface area (Å²) in [6.45, 7) is 8.16. The minimum Gasteiger partial charge on any atom is -0.464 e. The number of ether oxygens (including phenoxy) is 2. The Hall–Kier alpha value is -2.90. The number of carbonyl (C=O) groups is 1. The maximum atomic E-state index is 14.2. The molecule has 0 spiro atoms. The molecule has 2 heterocycles. The highest BCUT2D eigenvalue weighted by molar-refractivity contribution is 7.71. The number of rotatable bonds is 10. The standard InChI is InChI=1S/C28H36N3O9PS/c1-17(24(34)37-16-27(2,3)4)30-41(36,40-20-12-8-10-18-9-6-7-11-19(18)20)38-15-21-23(33)28(5,35)25(39-21)31-14-13-22(32)29-26(31)42/h6-14,17,21,23,25,33,35H,15-16H2,1-5H3,(H,30,36)(H,29,32,42)/t17-,21+,23?,25+,28+,41+/m0/s1. The predicted molar refractivity (Wildman–Crippen MR) is 158 cm³/mol. The zero-order valence-electron chi connectivity index (χ0n) is 24.0. The number of nitrogens with one attached hydrogen (secondary N) is 2. The number of esters is 1. The van der Waals surface area contributed by atoms with Crippen molar-refractivity contribution in [1.29, 1.82) is 0 Å². The van der Waals surface area contributed by atoms with Crippen molar-refractivity contribution >= 4 is 36.7 Å². The van der Waals surface area contributed by atoms with E-state index in [-0.39, 0.29) is 22.5 Å². The summed E-state index contributed by atoms with van der Waals surface area (Å²) in [5.41, 5.74) is -2.60. The first-order chi connectivity index (χ1) is 19.6. The fraction of sp³-hybridized carbons (Fsp3) is 0.464. The molecule has 1 saturated heterocycles. The van der Waals surface area contributed by atoms with E-state index in [1.807, 2.05) is 39.0 Å². The van der Waals surface area contributed by atoms with Crippen molar-refractivity contribution < 1.29 is 38.1 Å². The third-order valence-corrected chi connectivity index (χ3v) is 8.53. The van der Waals surface area contributed by atoms with Crippen LogP contribution in [0.25, 0.3) is 10.8 Å². The molecule has 6 atom stereocenters. The number of H-pyrrole nitrogens is 1. The van der Waals surface area contributed by atoms with Crippen molar-refractivity contribution in [2.75, 3.05) is 13.2 Å². The first-order valence-corrected chi connectivity index (χ1v) is 15.3. The monoisotopic (exact) mass is 621 g/mol. The zero-order valence-corrected chi connectivity index (χ0v) is 25.7. The van der Waals surface area contributed by atoms with Crippen LogP contribution in [0.3, 0.4) is 0 Å². The van der Waals surface area contributed by atoms with Crippen molar-refractivity contribution in [3.63, 3.8) is 0 Å². The Morgan fingerprint density at radius 2 is 1.93 bits per heavy atom. The molecule has 1 aromatic heterocycles. The molecule has 4 N–H and O–H groups in total. The van der Waals surface area contributed by atoms with Gasteiger partial charge in [-0.2, -0.15) is 5.09 Å². The van der Waals surface area contributed by atoms with Gasteiger partial charge in [0.2, 0.25) is 0 Å². The fourth-order valence-corrected chi connectivity index (χ4v) is 6.14. The highest BCUT2D eigenvalue weighted by atomic mass is 32.1. The lowest BCUT2D eigenvalue weighted by Gasteiger charge is -2.28. The number of hydrogen-bond donors (Lipinski definition) is 4. The van der Waals surface area contributed by atoms with Crippen molar-refractivity contribution in [2.45, 2.75) is 64.7 Å². The van der Waals surface area contributed by atoms with Crippen LogP contribution in [-0.2, 0) is 23.4 Å². The summed E-state index contributed by atoms with van der Waals surface area (Å²) in [6, 6.07) is 12.6. The molecule has 0 amide bonds. The normalized spacial score (nSPS) is 24.7. The summed E-state index contributed by atoms with van der Waals surface area (Å²) >= 11 is 5.19. The van der Waals surface area contributed by atoms with Crippen molar-refractivity contribution in [3.05, 3.63) is 69.9 Å². The van der Waals surface area contributed by atoms with Gasteiger partial charge in [0.25, 0.3) is 5.56 Å². The third kappa shape index (κ3) is 7.35. The van der Waals surface area contributed by atoms with Crippen LogP contribution in [0.5, 0.6) is 5.75 Å². The number of fused-ring (bicyclic) bond motifs is 1. The van der Waals surface area contributed by atoms with Gasteiger partial charge in [0, 0.05) is 17.6 Å². The molecule has 3 aromatic rings. The summed E-state index contributed by atoms with van der Waals surface area (Å²) < 4.78 is 38.4. The molecule has 42 heavy (non-hydrogen) atoms. The highest BCUT2D eigenvalue weighted by Gasteiger charge is 2.54. The lowest BCUT2D eigenvalue weighted by atomic mass is 9.96. The second-order valence-corrected chi connectivity index (χ2v) is 13.7. The van der Waals surface area contributed by atoms with Gasteiger partial charge >= 0.3 is 13.7 Å². The van der Waals surface area contributed by atoms with Gasteiger partial charge in [-0.1, -0.05) is 57.2 Å². The van der Waals surface area contributed by atoms with Gasteiger partial charge in [0.05, 0.1) is 13.2 Å². The van der Waals surface area contributed by atoms with Crippen molar-refractivity contribution in [3.8, 4) is 5.75 Å². The topological polar surface area (TPSA) is 161 Å². The van der Waals surface area contributed by atoms with Crippen molar-refractivity contribution in [2.24, 2.45) is 5.41 Å². The summed E-state index contributed by atoms with van der Waals surface area (Å²) in [7, 11) is -4.35. The van der Waals surface area contributed by atoms with E-state index in [2.05, 4.69) is 10.1 Å². The molecule has 0 radical (unpaired) electrons. The number of aliphatic hydroxyl groups is 2. The summed E-state index contributed by atoms with van der Waals surface area (Å²) in [5.74, 6) is -0.431. The lowest BCUT2D eigenvalue weighted by molar-refractivity contribution is -0.148. The van der Waals surface area contributed by atoms with E-state index < -0.39 is 56.0 Å². The molecule has 2 aromatic carbocycles. The number of carbonyl (C=O) groups excluding carboxylic acids is 1. The predicted octanol–water partition coefficient (Wildman–Crippen LogP) is 3.84. The highest BCUT2D eigenvalue weighted by Crippen LogP contribution is 2.48. The lowest BCUT2D eigenvalue weighted by Crippen LogP contribution is -2.45. The number of aromatic amines is 1. The van der Waals surface area contributed by atoms with Crippen molar-refractivity contribution in [1.82, 2.24) is 14.6 Å². The van der Waals surface area contributed by atoms with Gasteiger partial charge in [-0.25, -0.2) is 4.57 Å². The summed E-state index contributed by atoms with van der Waals surface area (Å²) in [4.78, 5) is 26.8. The minimum absolute atomic E-state index is 0.0317. The Bertz CT molecular complexity index is 1590. The van der Waals surface area contributed by atoms with Crippen LogP contribution < -0.4 is 15.2 Å². The summed E-state index contributed by atoms with van der Waals surface area (Å²) in [6.07, 6.45) is -2.59. The Morgan fingerprint density at radius 3 is 2.62 bits per heavy atom. The molecular formula is C28H36N3O9PS. The van der Waals surface area contributed by atoms with Crippen LogP contribution in [-0.4, -0.2) is 62.8 Å². The number of benzene rings is 2. The molecule has 12 nitrogen and oxygen atoms in total. The molecule has 0 bridgehead atoms. The van der Waals surface area contributed by atoms with E-state index in [1.54, 1.807) is 24.3 Å². The molecule has 1 aliphatic rings. The van der Waals surface area contributed by atoms with E-state index >= 15 is 0 Å². The Labute approximate surface area is 248 Å². The van der Waals surface area contributed by atoms with E-state index in [4.69, 9.17) is 30.7 Å². The molecular weight excluding hydrogens is 585 g/mol. The smallest absolute Gasteiger partial charge is 0.459 e. The molecule has 4 rings (SSSR count). The second kappa shape index (κ2) is 12.4. The van der Waals surface area contributed by atoms with E-state index in [0.717, 1.165) is 5.39 Å². The first kappa shape index (κ1) is 32.0. The number of nitrogens with zero attached hydrogens (tertiary/aromatic N) is 1. The quantitative estimate of drug-likeness (QED) is 0.148. The average molecular weight is 622 g/mol. The summed E-state index contributed by atoms with van der Waals surface area (Å²) in [5, 5.41) is 26.2. The Balaban J connectivity index is 1.58. The van der Waals surface area contributed by atoms with E-state index in [1.165, 1.54) is 30.7 Å². The SMILES string of the molecule is C[C@H](N[P@@](=O)(OC[C@H]1O[C@@H](n2ccc(=O)[nH]c2=S)[C@](C)(O)C1O)Oc1cccc2ccccc12)C(=O)OCC(C)(C)C. The first-order valence-electron chi connectivity index (χ1n) is 13.3. The average Bonchev–Trinajstić information content (AvgIpc) is 3.14. The fourth-order valence-electron chi connectivity index (χ4n) is 4.36. The van der Waals surface area contributed by atoms with Gasteiger partial charge in [0.15, 0.2) is 11.0 Å². The van der Waals surface area contributed by atoms with Crippen LogP contribution in [0.4, 0.5) is 0 Å². The van der Waals surface area contributed by atoms with Gasteiger partial charge in [-0.05, 0) is 42.9 Å². The zero-order chi connectivity index (χ0) is 30.9. The molecule has 228 valence electrons. The van der Waals surface area contributed by atoms with E-state index in [9.17, 15) is 24.4 Å². The van der Waals surface area contributed by atoms with Crippen LogP contribution >= 0.6 is 20.0 Å². The van der Waals surface area contributed by atoms with Gasteiger partial charge < -0.3 is 24.2 Å². The molecule has 1 unspecified atom stereocenters. The van der Waals surface area contributed by atoms with Gasteiger partial charge in [-0.15, -0.1) is 0 Å².